The minimum atomic E-state index is -4.76. The van der Waals surface area contributed by atoms with Crippen molar-refractivity contribution in [3.8, 4) is 17.0 Å². The Morgan fingerprint density at radius 2 is 1.76 bits per heavy atom. The van der Waals surface area contributed by atoms with Crippen LogP contribution in [-0.4, -0.2) is 22.0 Å². The van der Waals surface area contributed by atoms with Gasteiger partial charge in [0.15, 0.2) is 0 Å². The topological polar surface area (TPSA) is 51.5 Å². The summed E-state index contributed by atoms with van der Waals surface area (Å²) < 4.78 is 43.7. The van der Waals surface area contributed by atoms with Gasteiger partial charge in [0.25, 0.3) is 0 Å². The van der Waals surface area contributed by atoms with Crippen LogP contribution in [0.1, 0.15) is 6.42 Å². The molecular weight excluding hydrogens is 431 g/mol. The summed E-state index contributed by atoms with van der Waals surface area (Å²) >= 11 is 0. The van der Waals surface area contributed by atoms with Crippen LogP contribution in [0.2, 0.25) is 0 Å². The van der Waals surface area contributed by atoms with Gasteiger partial charge >= 0.3 is 12.3 Å². The second kappa shape index (κ2) is 7.85. The van der Waals surface area contributed by atoms with Crippen LogP contribution in [-0.2, 0) is 4.79 Å². The number of carbonyl (C=O) groups is 1. The van der Waals surface area contributed by atoms with Crippen LogP contribution >= 0.6 is 0 Å². The molecule has 33 heavy (non-hydrogen) atoms. The molecule has 1 aliphatic rings. The molecule has 4 nitrogen and oxygen atoms in total. The molecular formula is C26H18F3NO3. The van der Waals surface area contributed by atoms with E-state index in [1.54, 1.807) is 24.3 Å². The van der Waals surface area contributed by atoms with Crippen LogP contribution in [0.15, 0.2) is 85.0 Å². The summed E-state index contributed by atoms with van der Waals surface area (Å²) in [7, 11) is 0. The number of aromatic nitrogens is 1. The zero-order chi connectivity index (χ0) is 23.2. The van der Waals surface area contributed by atoms with E-state index in [4.69, 9.17) is 0 Å². The van der Waals surface area contributed by atoms with Crippen LogP contribution < -0.4 is 4.74 Å². The summed E-state index contributed by atoms with van der Waals surface area (Å²) in [5, 5.41) is 12.6. The van der Waals surface area contributed by atoms with Gasteiger partial charge in [-0.15, -0.1) is 13.2 Å². The first kappa shape index (κ1) is 20.9. The number of halogens is 3. The van der Waals surface area contributed by atoms with E-state index < -0.39 is 18.2 Å². The number of rotatable bonds is 4. The van der Waals surface area contributed by atoms with Gasteiger partial charge in [0.05, 0.1) is 17.1 Å². The van der Waals surface area contributed by atoms with Crippen molar-refractivity contribution >= 4 is 33.3 Å². The van der Waals surface area contributed by atoms with E-state index in [1.165, 1.54) is 12.1 Å². The molecule has 0 amide bonds. The van der Waals surface area contributed by atoms with Crippen LogP contribution in [0.3, 0.4) is 0 Å². The maximum atomic E-state index is 12.6. The minimum Gasteiger partial charge on any atom is -0.481 e. The van der Waals surface area contributed by atoms with Gasteiger partial charge in [-0.1, -0.05) is 42.5 Å². The summed E-state index contributed by atoms with van der Waals surface area (Å²) in [5.41, 5.74) is 3.13. The predicted molar refractivity (Wildman–Crippen MR) is 121 cm³/mol. The molecule has 1 unspecified atom stereocenters. The number of allylic oxidation sites excluding steroid dienone is 3. The lowest BCUT2D eigenvalue weighted by molar-refractivity contribution is -0.274. The number of ether oxygens (including phenoxy) is 1. The molecule has 0 saturated heterocycles. The standard InChI is InChI=1S/C26H18F3NO3/c27-26(28,29)33-20-11-8-17(9-12-20)24-15-22-21-7-2-1-4-16(21)10-13-23(22)30(24)19-6-3-5-18(14-19)25(31)32/h1-13,15,18H,14H2,(H,31,32). The first-order valence-electron chi connectivity index (χ1n) is 10.3. The first-order valence-corrected chi connectivity index (χ1v) is 10.3. The predicted octanol–water partition coefficient (Wildman–Crippen LogP) is 6.86. The van der Waals surface area contributed by atoms with E-state index in [9.17, 15) is 23.1 Å². The second-order valence-corrected chi connectivity index (χ2v) is 7.85. The van der Waals surface area contributed by atoms with Crippen molar-refractivity contribution in [2.45, 2.75) is 12.8 Å². The summed E-state index contributed by atoms with van der Waals surface area (Å²) in [6.07, 6.45) is 0.786. The highest BCUT2D eigenvalue weighted by atomic mass is 19.4. The molecule has 0 aliphatic heterocycles. The van der Waals surface area contributed by atoms with Crippen molar-refractivity contribution in [2.24, 2.45) is 5.92 Å². The molecule has 1 atom stereocenters. The van der Waals surface area contributed by atoms with Crippen molar-refractivity contribution in [2.75, 3.05) is 0 Å². The Labute approximate surface area is 186 Å². The molecule has 1 N–H and O–H groups in total. The number of aliphatic carboxylic acids is 1. The van der Waals surface area contributed by atoms with E-state index in [1.807, 2.05) is 53.1 Å². The van der Waals surface area contributed by atoms with Crippen molar-refractivity contribution < 1.29 is 27.8 Å². The fraction of sp³-hybridized carbons (Fsp3) is 0.115. The number of carboxylic acid groups (broad SMARTS) is 1. The van der Waals surface area contributed by atoms with Gasteiger partial charge in [-0.25, -0.2) is 0 Å². The molecule has 166 valence electrons. The SMILES string of the molecule is O=C(O)C1C=CC=C(n2c(-c3ccc(OC(F)(F)F)cc3)cc3c4ccccc4ccc32)C1. The monoisotopic (exact) mass is 449 g/mol. The number of hydrogen-bond donors (Lipinski definition) is 1. The molecule has 0 radical (unpaired) electrons. The quantitative estimate of drug-likeness (QED) is 0.370. The van der Waals surface area contributed by atoms with E-state index in [-0.39, 0.29) is 5.75 Å². The largest absolute Gasteiger partial charge is 0.573 e. The molecule has 1 aliphatic carbocycles. The Bertz CT molecular complexity index is 1430. The summed E-state index contributed by atoms with van der Waals surface area (Å²) in [5.74, 6) is -1.86. The molecule has 5 rings (SSSR count). The third-order valence-electron chi connectivity index (χ3n) is 5.76. The zero-order valence-corrected chi connectivity index (χ0v) is 17.2. The van der Waals surface area contributed by atoms with Crippen LogP contribution in [0.5, 0.6) is 5.75 Å². The van der Waals surface area contributed by atoms with E-state index in [0.717, 1.165) is 33.1 Å². The highest BCUT2D eigenvalue weighted by molar-refractivity contribution is 6.09. The van der Waals surface area contributed by atoms with E-state index in [2.05, 4.69) is 4.74 Å². The van der Waals surface area contributed by atoms with Crippen molar-refractivity contribution in [1.29, 1.82) is 0 Å². The molecule has 7 heteroatoms. The highest BCUT2D eigenvalue weighted by Gasteiger charge is 2.31. The highest BCUT2D eigenvalue weighted by Crippen LogP contribution is 2.38. The normalized spacial score (nSPS) is 16.2. The number of nitrogens with zero attached hydrogens (tertiary/aromatic N) is 1. The van der Waals surface area contributed by atoms with Crippen LogP contribution in [0.4, 0.5) is 13.2 Å². The number of alkyl halides is 3. The zero-order valence-electron chi connectivity index (χ0n) is 17.2. The van der Waals surface area contributed by atoms with Crippen molar-refractivity contribution in [3.05, 3.63) is 85.0 Å². The molecule has 1 heterocycles. The Morgan fingerprint density at radius 3 is 2.48 bits per heavy atom. The van der Waals surface area contributed by atoms with Gasteiger partial charge in [-0.3, -0.25) is 4.79 Å². The van der Waals surface area contributed by atoms with E-state index in [0.29, 0.717) is 12.0 Å². The molecule has 1 aromatic heterocycles. The van der Waals surface area contributed by atoms with Crippen molar-refractivity contribution in [3.63, 3.8) is 0 Å². The Hall–Kier alpha value is -4.00. The summed E-state index contributed by atoms with van der Waals surface area (Å²) in [6.45, 7) is 0. The second-order valence-electron chi connectivity index (χ2n) is 7.85. The van der Waals surface area contributed by atoms with Crippen molar-refractivity contribution in [1.82, 2.24) is 4.57 Å². The molecule has 4 aromatic rings. The molecule has 0 bridgehead atoms. The number of benzene rings is 3. The summed E-state index contributed by atoms with van der Waals surface area (Å²) in [6, 6.07) is 19.6. The molecule has 3 aromatic carbocycles. The lowest BCUT2D eigenvalue weighted by Gasteiger charge is -2.20. The van der Waals surface area contributed by atoms with Gasteiger partial charge in [0, 0.05) is 17.5 Å². The van der Waals surface area contributed by atoms with Crippen LogP contribution in [0, 0.1) is 5.92 Å². The number of fused-ring (bicyclic) bond motifs is 3. The average molecular weight is 449 g/mol. The Kier molecular flexibility index (Phi) is 4.96. The lowest BCUT2D eigenvalue weighted by atomic mass is 9.98. The maximum absolute atomic E-state index is 12.6. The van der Waals surface area contributed by atoms with Gasteiger partial charge in [-0.2, -0.15) is 0 Å². The molecule has 0 spiro atoms. The minimum absolute atomic E-state index is 0.296. The third kappa shape index (κ3) is 3.98. The van der Waals surface area contributed by atoms with Gasteiger partial charge < -0.3 is 14.4 Å². The maximum Gasteiger partial charge on any atom is 0.573 e. The van der Waals surface area contributed by atoms with Gasteiger partial charge in [0.1, 0.15) is 5.75 Å². The third-order valence-corrected chi connectivity index (χ3v) is 5.76. The first-order chi connectivity index (χ1) is 15.8. The number of carboxylic acids is 1. The molecule has 0 saturated carbocycles. The number of hydrogen-bond acceptors (Lipinski definition) is 2. The van der Waals surface area contributed by atoms with Gasteiger partial charge in [-0.05, 0) is 58.8 Å². The fourth-order valence-electron chi connectivity index (χ4n) is 4.31. The lowest BCUT2D eigenvalue weighted by Crippen LogP contribution is -2.17. The average Bonchev–Trinajstić information content (AvgIpc) is 3.19. The molecule has 0 fully saturated rings. The smallest absolute Gasteiger partial charge is 0.481 e. The Balaban J connectivity index is 1.70. The van der Waals surface area contributed by atoms with Gasteiger partial charge in [0.2, 0.25) is 0 Å². The summed E-state index contributed by atoms with van der Waals surface area (Å²) in [4.78, 5) is 11.6. The van der Waals surface area contributed by atoms with Crippen LogP contribution in [0.25, 0.3) is 38.6 Å². The Morgan fingerprint density at radius 1 is 1.00 bits per heavy atom. The fourth-order valence-corrected chi connectivity index (χ4v) is 4.31. The van der Waals surface area contributed by atoms with E-state index >= 15 is 0 Å².